The van der Waals surface area contributed by atoms with Crippen LogP contribution < -0.4 is 5.32 Å². The predicted octanol–water partition coefficient (Wildman–Crippen LogP) is 2.52. The van der Waals surface area contributed by atoms with Gasteiger partial charge in [-0.15, -0.1) is 0 Å². The van der Waals surface area contributed by atoms with E-state index in [0.29, 0.717) is 12.1 Å². The Hall–Kier alpha value is -0.910. The molecule has 2 unspecified atom stereocenters. The van der Waals surface area contributed by atoms with Crippen molar-refractivity contribution in [2.75, 3.05) is 7.11 Å². The average Bonchev–Trinajstić information content (AvgIpc) is 2.99. The van der Waals surface area contributed by atoms with Gasteiger partial charge in [0.25, 0.3) is 0 Å². The molecule has 1 amide bonds. The number of carbonyl (C=O) groups excluding carboxylic acids is 1. The first-order chi connectivity index (χ1) is 9.59. The fourth-order valence-corrected chi connectivity index (χ4v) is 3.78. The Balaban J connectivity index is 1.85. The Morgan fingerprint density at radius 2 is 2.30 bits per heavy atom. The van der Waals surface area contributed by atoms with Crippen LogP contribution in [0.25, 0.3) is 0 Å². The summed E-state index contributed by atoms with van der Waals surface area (Å²) in [4.78, 5) is 14.9. The highest BCUT2D eigenvalue weighted by Crippen LogP contribution is 2.40. The highest BCUT2D eigenvalue weighted by Gasteiger charge is 2.52. The minimum Gasteiger partial charge on any atom is -0.381 e. The molecule has 0 spiro atoms. The predicted molar refractivity (Wildman–Crippen MR) is 79.6 cm³/mol. The monoisotopic (exact) mass is 294 g/mol. The number of methoxy groups -OCH3 is 1. The highest BCUT2D eigenvalue weighted by molar-refractivity contribution is 7.07. The summed E-state index contributed by atoms with van der Waals surface area (Å²) in [7, 11) is 1.75. The van der Waals surface area contributed by atoms with E-state index in [-0.39, 0.29) is 12.1 Å². The Kier molecular flexibility index (Phi) is 3.60. The van der Waals surface area contributed by atoms with Crippen LogP contribution in [0.3, 0.4) is 0 Å². The molecule has 20 heavy (non-hydrogen) atoms. The molecule has 2 fully saturated rings. The third-order valence-corrected chi connectivity index (χ3v) is 5.50. The van der Waals surface area contributed by atoms with Gasteiger partial charge in [0.1, 0.15) is 6.17 Å². The summed E-state index contributed by atoms with van der Waals surface area (Å²) in [6.45, 7) is 4.08. The third-order valence-electron chi connectivity index (χ3n) is 4.80. The van der Waals surface area contributed by atoms with Crippen LogP contribution in [0.1, 0.15) is 44.8 Å². The molecule has 1 N–H and O–H groups in total. The first-order valence-corrected chi connectivity index (χ1v) is 8.18. The fourth-order valence-electron chi connectivity index (χ4n) is 3.10. The Bertz CT molecular complexity index is 484. The van der Waals surface area contributed by atoms with Gasteiger partial charge in [-0.2, -0.15) is 11.3 Å². The van der Waals surface area contributed by atoms with E-state index in [1.54, 1.807) is 18.4 Å². The third kappa shape index (κ3) is 2.08. The number of rotatable bonds is 4. The largest absolute Gasteiger partial charge is 0.381 e. The van der Waals surface area contributed by atoms with Crippen molar-refractivity contribution in [2.24, 2.45) is 0 Å². The minimum atomic E-state index is -0.440. The number of ether oxygens (including phenoxy) is 1. The lowest BCUT2D eigenvalue weighted by Gasteiger charge is -2.42. The van der Waals surface area contributed by atoms with E-state index in [0.717, 1.165) is 19.3 Å². The molecule has 5 heteroatoms. The maximum atomic E-state index is 12.8. The van der Waals surface area contributed by atoms with Crippen LogP contribution in [0.2, 0.25) is 0 Å². The number of nitrogens with one attached hydrogen (secondary N) is 1. The van der Waals surface area contributed by atoms with Gasteiger partial charge < -0.3 is 9.64 Å². The standard InChI is InChI=1S/C15H22N2O2S/c1-4-15(2)14(18)17(11-7-12(8-11)19-3)13(16-15)10-5-6-20-9-10/h5-6,9,11-13,16H,4,7-8H2,1-3H3. The summed E-state index contributed by atoms with van der Waals surface area (Å²) in [6, 6.07) is 2.41. The van der Waals surface area contributed by atoms with Crippen molar-refractivity contribution < 1.29 is 9.53 Å². The van der Waals surface area contributed by atoms with Crippen LogP contribution in [-0.4, -0.2) is 35.6 Å². The van der Waals surface area contributed by atoms with E-state index < -0.39 is 5.54 Å². The minimum absolute atomic E-state index is 0.0153. The number of nitrogens with zero attached hydrogens (tertiary/aromatic N) is 1. The van der Waals surface area contributed by atoms with E-state index in [1.165, 1.54) is 5.56 Å². The van der Waals surface area contributed by atoms with E-state index >= 15 is 0 Å². The van der Waals surface area contributed by atoms with Gasteiger partial charge in [0.15, 0.2) is 0 Å². The lowest BCUT2D eigenvalue weighted by atomic mass is 9.86. The fraction of sp³-hybridized carbons (Fsp3) is 0.667. The van der Waals surface area contributed by atoms with Gasteiger partial charge >= 0.3 is 0 Å². The molecule has 1 saturated carbocycles. The Labute approximate surface area is 124 Å². The Morgan fingerprint density at radius 3 is 2.85 bits per heavy atom. The molecule has 110 valence electrons. The molecule has 1 aromatic heterocycles. The average molecular weight is 294 g/mol. The van der Waals surface area contributed by atoms with Crippen molar-refractivity contribution in [3.05, 3.63) is 22.4 Å². The zero-order valence-corrected chi connectivity index (χ0v) is 13.1. The van der Waals surface area contributed by atoms with Crippen molar-refractivity contribution in [2.45, 2.75) is 57.0 Å². The van der Waals surface area contributed by atoms with Crippen LogP contribution in [0, 0.1) is 0 Å². The molecule has 2 heterocycles. The Morgan fingerprint density at radius 1 is 1.55 bits per heavy atom. The molecule has 1 aliphatic heterocycles. The quantitative estimate of drug-likeness (QED) is 0.928. The molecule has 0 radical (unpaired) electrons. The van der Waals surface area contributed by atoms with Gasteiger partial charge in [-0.3, -0.25) is 10.1 Å². The lowest BCUT2D eigenvalue weighted by molar-refractivity contribution is -0.140. The van der Waals surface area contributed by atoms with E-state index in [1.807, 2.05) is 6.92 Å². The molecule has 1 aliphatic carbocycles. The van der Waals surface area contributed by atoms with Crippen LogP contribution in [-0.2, 0) is 9.53 Å². The molecule has 0 bridgehead atoms. The SMILES string of the molecule is CCC1(C)NC(c2ccsc2)N(C2CC(OC)C2)C1=O. The van der Waals surface area contributed by atoms with Gasteiger partial charge in [0.2, 0.25) is 5.91 Å². The maximum Gasteiger partial charge on any atom is 0.244 e. The lowest BCUT2D eigenvalue weighted by Crippen LogP contribution is -2.51. The molecule has 1 saturated heterocycles. The number of thiophene rings is 1. The molecule has 1 aromatic rings. The molecule has 2 atom stereocenters. The molecule has 2 aliphatic rings. The van der Waals surface area contributed by atoms with Crippen LogP contribution in [0.5, 0.6) is 0 Å². The smallest absolute Gasteiger partial charge is 0.244 e. The zero-order chi connectivity index (χ0) is 14.3. The first kappa shape index (κ1) is 14.0. The molecule has 0 aromatic carbocycles. The van der Waals surface area contributed by atoms with Crippen molar-refractivity contribution in [1.29, 1.82) is 0 Å². The van der Waals surface area contributed by atoms with Crippen molar-refractivity contribution in [1.82, 2.24) is 10.2 Å². The number of hydrogen-bond donors (Lipinski definition) is 1. The van der Waals surface area contributed by atoms with Crippen molar-refractivity contribution in [3.63, 3.8) is 0 Å². The summed E-state index contributed by atoms with van der Waals surface area (Å²) in [5.74, 6) is 0.232. The van der Waals surface area contributed by atoms with Crippen molar-refractivity contribution >= 4 is 17.2 Å². The summed E-state index contributed by atoms with van der Waals surface area (Å²) >= 11 is 1.68. The zero-order valence-electron chi connectivity index (χ0n) is 12.3. The van der Waals surface area contributed by atoms with Gasteiger partial charge in [-0.1, -0.05) is 6.92 Å². The second kappa shape index (κ2) is 5.13. The van der Waals surface area contributed by atoms with Gasteiger partial charge in [-0.25, -0.2) is 0 Å². The topological polar surface area (TPSA) is 41.6 Å². The van der Waals surface area contributed by atoms with Gasteiger partial charge in [-0.05, 0) is 48.6 Å². The summed E-state index contributed by atoms with van der Waals surface area (Å²) in [5.41, 5.74) is 0.756. The maximum absolute atomic E-state index is 12.8. The van der Waals surface area contributed by atoms with Crippen LogP contribution in [0.4, 0.5) is 0 Å². The summed E-state index contributed by atoms with van der Waals surface area (Å²) in [6.07, 6.45) is 3.03. The van der Waals surface area contributed by atoms with Gasteiger partial charge in [0.05, 0.1) is 11.6 Å². The second-order valence-electron chi connectivity index (χ2n) is 5.98. The highest BCUT2D eigenvalue weighted by atomic mass is 32.1. The normalized spacial score (nSPS) is 37.2. The summed E-state index contributed by atoms with van der Waals surface area (Å²) in [5, 5.41) is 7.74. The van der Waals surface area contributed by atoms with Crippen LogP contribution >= 0.6 is 11.3 Å². The van der Waals surface area contributed by atoms with Crippen LogP contribution in [0.15, 0.2) is 16.8 Å². The van der Waals surface area contributed by atoms with E-state index in [2.05, 4.69) is 34.0 Å². The second-order valence-corrected chi connectivity index (χ2v) is 6.76. The molecular weight excluding hydrogens is 272 g/mol. The van der Waals surface area contributed by atoms with Gasteiger partial charge in [0, 0.05) is 13.2 Å². The number of amides is 1. The van der Waals surface area contributed by atoms with Crippen molar-refractivity contribution in [3.8, 4) is 0 Å². The molecular formula is C15H22N2O2S. The molecule has 4 nitrogen and oxygen atoms in total. The molecule has 3 rings (SSSR count). The number of hydrogen-bond acceptors (Lipinski definition) is 4. The van der Waals surface area contributed by atoms with E-state index in [9.17, 15) is 4.79 Å². The van der Waals surface area contributed by atoms with E-state index in [4.69, 9.17) is 4.74 Å². The first-order valence-electron chi connectivity index (χ1n) is 7.24. The number of carbonyl (C=O) groups is 1. The summed E-state index contributed by atoms with van der Waals surface area (Å²) < 4.78 is 5.36.